The number of fused-ring (bicyclic) bond motifs is 4. The number of rotatable bonds is 7. The van der Waals surface area contributed by atoms with E-state index in [1.54, 1.807) is 0 Å². The quantitative estimate of drug-likeness (QED) is 0.150. The molecule has 0 amide bonds. The first kappa shape index (κ1) is 37.1. The number of hydrogen-bond acceptors (Lipinski definition) is 5. The minimum atomic E-state index is 0.589. The standard InChI is InChI=1S/C59H37N5/c1-3-12-42-31-51-33-48(24-22-45(51)28-40(42)10-1)57-62-58(49-25-23-46-29-41-11-2-4-13-43(41)32-52(46)34-49)64-59(63-57)54-36-50(38-18-20-39(21-19-38)55-16-5-7-26-60-55)35-53(37-54)44-14-9-15-47(30-44)56-17-6-8-27-61-56/h1-37H. The van der Waals surface area contributed by atoms with E-state index in [2.05, 4.69) is 186 Å². The van der Waals surface area contributed by atoms with Crippen LogP contribution in [0.4, 0.5) is 0 Å². The molecule has 5 nitrogen and oxygen atoms in total. The van der Waals surface area contributed by atoms with Gasteiger partial charge in [-0.15, -0.1) is 0 Å². The third kappa shape index (κ3) is 7.11. The summed E-state index contributed by atoms with van der Waals surface area (Å²) in [5, 5.41) is 9.39. The zero-order chi connectivity index (χ0) is 42.4. The van der Waals surface area contributed by atoms with Gasteiger partial charge in [0.05, 0.1) is 11.4 Å². The Hall–Kier alpha value is -8.67. The number of aromatic nitrogens is 5. The first-order valence-electron chi connectivity index (χ1n) is 21.4. The van der Waals surface area contributed by atoms with Crippen molar-refractivity contribution in [3.63, 3.8) is 0 Å². The number of nitrogens with zero attached hydrogens (tertiary/aromatic N) is 5. The largest absolute Gasteiger partial charge is 0.256 e. The van der Waals surface area contributed by atoms with E-state index in [-0.39, 0.29) is 0 Å². The summed E-state index contributed by atoms with van der Waals surface area (Å²) in [6, 6.07) is 74.8. The van der Waals surface area contributed by atoms with Gasteiger partial charge in [-0.05, 0) is 150 Å². The first-order valence-corrected chi connectivity index (χ1v) is 21.4. The SMILES string of the molecule is c1ccc(-c2ccc(-c3cc(-c4cccc(-c5ccccn5)c4)cc(-c4nc(-c5ccc6cc7ccccc7cc6c5)nc(-c5ccc6cc7ccccc7cc6c5)n4)c3)cc2)nc1. The topological polar surface area (TPSA) is 64.5 Å². The minimum absolute atomic E-state index is 0.589. The van der Waals surface area contributed by atoms with Crippen molar-refractivity contribution in [2.24, 2.45) is 0 Å². The van der Waals surface area contributed by atoms with Crippen molar-refractivity contribution in [3.8, 4) is 78.9 Å². The van der Waals surface area contributed by atoms with E-state index in [0.29, 0.717) is 17.5 Å². The van der Waals surface area contributed by atoms with E-state index in [4.69, 9.17) is 15.0 Å². The molecule has 0 aliphatic heterocycles. The zero-order valence-electron chi connectivity index (χ0n) is 34.6. The lowest BCUT2D eigenvalue weighted by Gasteiger charge is -2.14. The molecule has 0 aliphatic rings. The number of hydrogen-bond donors (Lipinski definition) is 0. The fraction of sp³-hybridized carbons (Fsp3) is 0. The zero-order valence-corrected chi connectivity index (χ0v) is 34.6. The molecule has 0 saturated heterocycles. The lowest BCUT2D eigenvalue weighted by Crippen LogP contribution is -2.01. The maximum atomic E-state index is 5.32. The summed E-state index contributed by atoms with van der Waals surface area (Å²) in [7, 11) is 0. The van der Waals surface area contributed by atoms with Crippen molar-refractivity contribution >= 4 is 43.1 Å². The van der Waals surface area contributed by atoms with Gasteiger partial charge in [0.15, 0.2) is 17.5 Å². The molecule has 12 aromatic rings. The van der Waals surface area contributed by atoms with Crippen LogP contribution in [0.25, 0.3) is 122 Å². The summed E-state index contributed by atoms with van der Waals surface area (Å²) < 4.78 is 0. The minimum Gasteiger partial charge on any atom is -0.256 e. The van der Waals surface area contributed by atoms with Crippen molar-refractivity contribution in [2.45, 2.75) is 0 Å². The van der Waals surface area contributed by atoms with Crippen molar-refractivity contribution in [1.82, 2.24) is 24.9 Å². The Labute approximate surface area is 370 Å². The Morgan fingerprint density at radius 2 is 0.594 bits per heavy atom. The van der Waals surface area contributed by atoms with E-state index in [1.165, 1.54) is 21.5 Å². The van der Waals surface area contributed by atoms with Crippen LogP contribution in [0, 0.1) is 0 Å². The normalized spacial score (nSPS) is 11.4. The summed E-state index contributed by atoms with van der Waals surface area (Å²) in [6.07, 6.45) is 3.66. The molecule has 0 atom stereocenters. The second-order valence-electron chi connectivity index (χ2n) is 16.2. The van der Waals surface area contributed by atoms with Gasteiger partial charge in [0.1, 0.15) is 0 Å². The van der Waals surface area contributed by atoms with E-state index >= 15 is 0 Å². The van der Waals surface area contributed by atoms with Crippen LogP contribution in [0.1, 0.15) is 0 Å². The Morgan fingerprint density at radius 1 is 0.203 bits per heavy atom. The Bertz CT molecular complexity index is 3580. The molecule has 9 aromatic carbocycles. The smallest absolute Gasteiger partial charge is 0.164 e. The maximum absolute atomic E-state index is 5.32. The van der Waals surface area contributed by atoms with Crippen molar-refractivity contribution < 1.29 is 0 Å². The molecule has 0 bridgehead atoms. The highest BCUT2D eigenvalue weighted by atomic mass is 15.0. The molecule has 0 N–H and O–H groups in total. The summed E-state index contributed by atoms with van der Waals surface area (Å²) >= 11 is 0. The highest BCUT2D eigenvalue weighted by Crippen LogP contribution is 2.37. The van der Waals surface area contributed by atoms with Crippen LogP contribution in [0.5, 0.6) is 0 Å². The monoisotopic (exact) mass is 815 g/mol. The molecule has 0 aliphatic carbocycles. The van der Waals surface area contributed by atoms with Crippen molar-refractivity contribution in [2.75, 3.05) is 0 Å². The van der Waals surface area contributed by atoms with E-state index in [9.17, 15) is 0 Å². The van der Waals surface area contributed by atoms with Gasteiger partial charge >= 0.3 is 0 Å². The molecular weight excluding hydrogens is 779 g/mol. The Kier molecular flexibility index (Phi) is 9.08. The third-order valence-corrected chi connectivity index (χ3v) is 12.1. The molecule has 298 valence electrons. The van der Waals surface area contributed by atoms with Crippen LogP contribution in [0.15, 0.2) is 225 Å². The van der Waals surface area contributed by atoms with Gasteiger partial charge in [0.25, 0.3) is 0 Å². The molecule has 3 aromatic heterocycles. The van der Waals surface area contributed by atoms with Crippen LogP contribution >= 0.6 is 0 Å². The molecular formula is C59H37N5. The number of benzene rings is 9. The van der Waals surface area contributed by atoms with Gasteiger partial charge in [-0.25, -0.2) is 15.0 Å². The summed E-state index contributed by atoms with van der Waals surface area (Å²) in [5.74, 6) is 1.81. The lowest BCUT2D eigenvalue weighted by molar-refractivity contribution is 1.08. The van der Waals surface area contributed by atoms with Gasteiger partial charge in [-0.2, -0.15) is 0 Å². The third-order valence-electron chi connectivity index (χ3n) is 12.1. The lowest BCUT2D eigenvalue weighted by atomic mass is 9.94. The van der Waals surface area contributed by atoms with Crippen LogP contribution in [-0.4, -0.2) is 24.9 Å². The van der Waals surface area contributed by atoms with Gasteiger partial charge < -0.3 is 0 Å². The molecule has 12 rings (SSSR count). The van der Waals surface area contributed by atoms with Crippen molar-refractivity contribution in [3.05, 3.63) is 225 Å². The average Bonchev–Trinajstić information content (AvgIpc) is 3.37. The van der Waals surface area contributed by atoms with Gasteiger partial charge in [-0.3, -0.25) is 9.97 Å². The van der Waals surface area contributed by atoms with Gasteiger partial charge in [-0.1, -0.05) is 127 Å². The molecule has 64 heavy (non-hydrogen) atoms. The fourth-order valence-electron chi connectivity index (χ4n) is 8.77. The van der Waals surface area contributed by atoms with Crippen LogP contribution in [-0.2, 0) is 0 Å². The molecule has 3 heterocycles. The van der Waals surface area contributed by atoms with E-state index in [0.717, 1.165) is 83.0 Å². The number of pyridine rings is 2. The predicted molar refractivity (Wildman–Crippen MR) is 263 cm³/mol. The maximum Gasteiger partial charge on any atom is 0.164 e. The molecule has 0 radical (unpaired) electrons. The predicted octanol–water partition coefficient (Wildman–Crippen LogP) is 14.9. The summed E-state index contributed by atoms with van der Waals surface area (Å²) in [5.41, 5.74) is 10.9. The highest BCUT2D eigenvalue weighted by Gasteiger charge is 2.17. The van der Waals surface area contributed by atoms with Gasteiger partial charge in [0.2, 0.25) is 0 Å². The second kappa shape index (κ2) is 15.7. The molecule has 0 fully saturated rings. The summed E-state index contributed by atoms with van der Waals surface area (Å²) in [4.78, 5) is 25.1. The average molecular weight is 816 g/mol. The van der Waals surface area contributed by atoms with Crippen molar-refractivity contribution in [1.29, 1.82) is 0 Å². The van der Waals surface area contributed by atoms with Crippen LogP contribution < -0.4 is 0 Å². The Morgan fingerprint density at radius 3 is 1.12 bits per heavy atom. The molecule has 0 spiro atoms. The fourth-order valence-corrected chi connectivity index (χ4v) is 8.77. The van der Waals surface area contributed by atoms with Crippen LogP contribution in [0.2, 0.25) is 0 Å². The molecule has 5 heteroatoms. The molecule has 0 unspecified atom stereocenters. The van der Waals surface area contributed by atoms with Gasteiger partial charge in [0, 0.05) is 40.2 Å². The summed E-state index contributed by atoms with van der Waals surface area (Å²) in [6.45, 7) is 0. The van der Waals surface area contributed by atoms with E-state index in [1.807, 2.05) is 48.8 Å². The van der Waals surface area contributed by atoms with E-state index < -0.39 is 0 Å². The van der Waals surface area contributed by atoms with Crippen LogP contribution in [0.3, 0.4) is 0 Å². The highest BCUT2D eigenvalue weighted by molar-refractivity contribution is 6.01. The first-order chi connectivity index (χ1) is 31.6. The molecule has 0 saturated carbocycles. The second-order valence-corrected chi connectivity index (χ2v) is 16.2. The Balaban J connectivity index is 1.05.